The van der Waals surface area contributed by atoms with Crippen LogP contribution in [0.15, 0.2) is 65.3 Å². The molecule has 0 saturated carbocycles. The summed E-state index contributed by atoms with van der Waals surface area (Å²) in [5, 5.41) is 2.93. The van der Waals surface area contributed by atoms with Crippen molar-refractivity contribution in [2.45, 2.75) is 46.3 Å². The minimum atomic E-state index is -0.575. The zero-order valence-corrected chi connectivity index (χ0v) is 18.9. The minimum Gasteiger partial charge on any atom is -0.444 e. The third-order valence-corrected chi connectivity index (χ3v) is 4.60. The zero-order chi connectivity index (χ0) is 23.1. The number of anilines is 1. The molecule has 0 aliphatic heterocycles. The number of oxazole rings is 1. The normalized spacial score (nSPS) is 11.1. The Morgan fingerprint density at radius 3 is 2.44 bits per heavy atom. The van der Waals surface area contributed by atoms with E-state index in [1.54, 1.807) is 4.90 Å². The van der Waals surface area contributed by atoms with Gasteiger partial charge in [0.15, 0.2) is 0 Å². The van der Waals surface area contributed by atoms with E-state index in [2.05, 4.69) is 10.3 Å². The molecule has 0 unspecified atom stereocenters. The highest BCUT2D eigenvalue weighted by atomic mass is 16.6. The van der Waals surface area contributed by atoms with Gasteiger partial charge in [-0.25, -0.2) is 9.78 Å². The predicted molar refractivity (Wildman–Crippen MR) is 123 cm³/mol. The van der Waals surface area contributed by atoms with E-state index in [1.165, 1.54) is 6.26 Å². The maximum absolute atomic E-state index is 12.7. The van der Waals surface area contributed by atoms with E-state index in [4.69, 9.17) is 9.15 Å². The lowest BCUT2D eigenvalue weighted by atomic mass is 10.1. The lowest BCUT2D eigenvalue weighted by Gasteiger charge is -2.27. The Morgan fingerprint density at radius 1 is 1.06 bits per heavy atom. The van der Waals surface area contributed by atoms with Crippen molar-refractivity contribution in [1.82, 2.24) is 9.88 Å². The van der Waals surface area contributed by atoms with Crippen molar-refractivity contribution >= 4 is 17.7 Å². The van der Waals surface area contributed by atoms with E-state index < -0.39 is 11.7 Å². The number of rotatable bonds is 7. The molecule has 0 fully saturated rings. The Labute approximate surface area is 188 Å². The number of ether oxygens (including phenoxy) is 1. The highest BCUT2D eigenvalue weighted by Crippen LogP contribution is 2.21. The van der Waals surface area contributed by atoms with Crippen LogP contribution in [-0.2, 0) is 22.5 Å². The summed E-state index contributed by atoms with van der Waals surface area (Å²) in [6.45, 7) is 8.20. The third kappa shape index (κ3) is 6.44. The fourth-order valence-electron chi connectivity index (χ4n) is 3.08. The van der Waals surface area contributed by atoms with Gasteiger partial charge >= 0.3 is 6.09 Å². The van der Waals surface area contributed by atoms with Gasteiger partial charge in [-0.1, -0.05) is 36.4 Å². The molecule has 3 rings (SSSR count). The molecule has 168 valence electrons. The average molecular weight is 436 g/mol. The van der Waals surface area contributed by atoms with Crippen molar-refractivity contribution < 1.29 is 18.7 Å². The summed E-state index contributed by atoms with van der Waals surface area (Å²) in [5.74, 6) is 0.260. The molecule has 2 aromatic carbocycles. The summed E-state index contributed by atoms with van der Waals surface area (Å²) >= 11 is 0. The summed E-state index contributed by atoms with van der Waals surface area (Å²) in [5.41, 5.74) is 2.29. The number of carbonyl (C=O) groups excluding carboxylic acids is 2. The number of amides is 2. The van der Waals surface area contributed by atoms with E-state index in [0.29, 0.717) is 30.4 Å². The Morgan fingerprint density at radius 2 is 1.75 bits per heavy atom. The van der Waals surface area contributed by atoms with Gasteiger partial charge in [0, 0.05) is 17.8 Å². The summed E-state index contributed by atoms with van der Waals surface area (Å²) < 4.78 is 11.0. The number of nitrogens with zero attached hydrogens (tertiary/aromatic N) is 2. The van der Waals surface area contributed by atoms with Crippen molar-refractivity contribution in [3.63, 3.8) is 0 Å². The smallest absolute Gasteiger partial charge is 0.410 e. The predicted octanol–water partition coefficient (Wildman–Crippen LogP) is 5.28. The lowest BCUT2D eigenvalue weighted by molar-refractivity contribution is -0.115. The van der Waals surface area contributed by atoms with Gasteiger partial charge in [0.25, 0.3) is 0 Å². The van der Waals surface area contributed by atoms with Crippen LogP contribution in [0, 0.1) is 0 Å². The van der Waals surface area contributed by atoms with Gasteiger partial charge in [-0.3, -0.25) is 4.79 Å². The molecule has 0 radical (unpaired) electrons. The zero-order valence-electron chi connectivity index (χ0n) is 18.9. The molecule has 0 spiro atoms. The summed E-state index contributed by atoms with van der Waals surface area (Å²) in [6.07, 6.45) is 1.18. The van der Waals surface area contributed by atoms with Crippen molar-refractivity contribution in [1.29, 1.82) is 0 Å². The first-order chi connectivity index (χ1) is 15.2. The quantitative estimate of drug-likeness (QED) is 0.546. The number of benzene rings is 2. The molecular weight excluding hydrogens is 406 g/mol. The molecule has 0 atom stereocenters. The number of para-hydroxylation sites is 1. The van der Waals surface area contributed by atoms with E-state index in [0.717, 1.165) is 11.1 Å². The lowest BCUT2D eigenvalue weighted by Crippen LogP contribution is -2.36. The van der Waals surface area contributed by atoms with Crippen molar-refractivity contribution in [3.05, 3.63) is 72.1 Å². The van der Waals surface area contributed by atoms with Gasteiger partial charge in [-0.05, 0) is 51.5 Å². The molecule has 0 aliphatic rings. The largest absolute Gasteiger partial charge is 0.444 e. The highest BCUT2D eigenvalue weighted by molar-refractivity contribution is 5.92. The molecule has 7 nitrogen and oxygen atoms in total. The van der Waals surface area contributed by atoms with Crippen LogP contribution in [-0.4, -0.2) is 34.0 Å². The molecule has 32 heavy (non-hydrogen) atoms. The van der Waals surface area contributed by atoms with E-state index in [1.807, 2.05) is 82.3 Å². The summed E-state index contributed by atoms with van der Waals surface area (Å²) in [7, 11) is 0. The van der Waals surface area contributed by atoms with Gasteiger partial charge in [0.2, 0.25) is 11.8 Å². The Balaban J connectivity index is 1.66. The molecule has 0 aliphatic carbocycles. The van der Waals surface area contributed by atoms with E-state index in [9.17, 15) is 9.59 Å². The average Bonchev–Trinajstić information content (AvgIpc) is 3.20. The summed E-state index contributed by atoms with van der Waals surface area (Å²) in [6, 6.07) is 16.9. The fraction of sp³-hybridized carbons (Fsp3) is 0.320. The van der Waals surface area contributed by atoms with Crippen LogP contribution in [0.1, 0.15) is 39.0 Å². The first-order valence-corrected chi connectivity index (χ1v) is 10.6. The fourth-order valence-corrected chi connectivity index (χ4v) is 3.08. The van der Waals surface area contributed by atoms with Gasteiger partial charge in [-0.15, -0.1) is 0 Å². The molecule has 1 heterocycles. The second-order valence-corrected chi connectivity index (χ2v) is 8.39. The second-order valence-electron chi connectivity index (χ2n) is 8.39. The number of aromatic nitrogens is 1. The van der Waals surface area contributed by atoms with Crippen LogP contribution in [0.2, 0.25) is 0 Å². The topological polar surface area (TPSA) is 84.7 Å². The standard InChI is InChI=1S/C25H29N3O4/c1-5-28(24(30)32-25(2,3)4)16-19-13-9-10-14-21(19)27-22(29)15-20-17-31-23(26-20)18-11-7-6-8-12-18/h6-14,17H,5,15-16H2,1-4H3,(H,27,29). The SMILES string of the molecule is CCN(Cc1ccccc1NC(=O)Cc1coc(-c2ccccc2)n1)C(=O)OC(C)(C)C. The Bertz CT molecular complexity index is 1050. The molecule has 1 N–H and O–H groups in total. The van der Waals surface area contributed by atoms with Crippen LogP contribution in [0.3, 0.4) is 0 Å². The van der Waals surface area contributed by atoms with Crippen LogP contribution in [0.4, 0.5) is 10.5 Å². The van der Waals surface area contributed by atoms with Crippen molar-refractivity contribution in [2.75, 3.05) is 11.9 Å². The molecule has 7 heteroatoms. The number of carbonyl (C=O) groups is 2. The van der Waals surface area contributed by atoms with Crippen LogP contribution in [0.5, 0.6) is 0 Å². The molecular formula is C25H29N3O4. The molecule has 0 saturated heterocycles. The van der Waals surface area contributed by atoms with Crippen molar-refractivity contribution in [3.8, 4) is 11.5 Å². The maximum atomic E-state index is 12.7. The first-order valence-electron chi connectivity index (χ1n) is 10.6. The van der Waals surface area contributed by atoms with Crippen LogP contribution < -0.4 is 5.32 Å². The molecule has 3 aromatic rings. The number of hydrogen-bond donors (Lipinski definition) is 1. The maximum Gasteiger partial charge on any atom is 0.410 e. The van der Waals surface area contributed by atoms with Crippen LogP contribution in [0.25, 0.3) is 11.5 Å². The Kier molecular flexibility index (Phi) is 7.30. The van der Waals surface area contributed by atoms with E-state index in [-0.39, 0.29) is 12.3 Å². The third-order valence-electron chi connectivity index (χ3n) is 4.60. The van der Waals surface area contributed by atoms with E-state index >= 15 is 0 Å². The van der Waals surface area contributed by atoms with Crippen LogP contribution >= 0.6 is 0 Å². The number of nitrogens with one attached hydrogen (secondary N) is 1. The van der Waals surface area contributed by atoms with Gasteiger partial charge in [-0.2, -0.15) is 0 Å². The Hall–Kier alpha value is -3.61. The van der Waals surface area contributed by atoms with Gasteiger partial charge in [0.1, 0.15) is 11.9 Å². The monoisotopic (exact) mass is 435 g/mol. The molecule has 0 bridgehead atoms. The first kappa shape index (κ1) is 23.1. The summed E-state index contributed by atoms with van der Waals surface area (Å²) in [4.78, 5) is 31.1. The number of hydrogen-bond acceptors (Lipinski definition) is 5. The molecule has 1 aromatic heterocycles. The minimum absolute atomic E-state index is 0.0776. The molecule has 2 amide bonds. The van der Waals surface area contributed by atoms with Gasteiger partial charge in [0.05, 0.1) is 18.7 Å². The second kappa shape index (κ2) is 10.1. The van der Waals surface area contributed by atoms with Crippen molar-refractivity contribution in [2.24, 2.45) is 0 Å². The highest BCUT2D eigenvalue weighted by Gasteiger charge is 2.22. The van der Waals surface area contributed by atoms with Gasteiger partial charge < -0.3 is 19.4 Å².